The van der Waals surface area contributed by atoms with Crippen LogP contribution in [0, 0.1) is 27.7 Å². The largest absolute Gasteiger partial charge is 0.351 e. The molecule has 0 bridgehead atoms. The van der Waals surface area contributed by atoms with Crippen LogP contribution in [0.25, 0.3) is 5.69 Å². The van der Waals surface area contributed by atoms with Gasteiger partial charge in [-0.1, -0.05) is 43.3 Å². The summed E-state index contributed by atoms with van der Waals surface area (Å²) in [5.41, 5.74) is 11.0. The third kappa shape index (κ3) is 4.04. The Morgan fingerprint density at radius 1 is 0.943 bits per heavy atom. The molecule has 0 aliphatic carbocycles. The van der Waals surface area contributed by atoms with E-state index in [4.69, 9.17) is 17.2 Å². The highest BCUT2D eigenvalue weighted by molar-refractivity contribution is 7.80. The first kappa shape index (κ1) is 23.3. The highest BCUT2D eigenvalue weighted by atomic mass is 32.1. The van der Waals surface area contributed by atoms with Crippen LogP contribution in [0.4, 0.5) is 5.69 Å². The van der Waals surface area contributed by atoms with Gasteiger partial charge in [0, 0.05) is 23.3 Å². The summed E-state index contributed by atoms with van der Waals surface area (Å²) >= 11 is 5.94. The van der Waals surface area contributed by atoms with Crippen molar-refractivity contribution >= 4 is 23.0 Å². The first-order valence-electron chi connectivity index (χ1n) is 12.3. The van der Waals surface area contributed by atoms with Crippen molar-refractivity contribution in [3.63, 3.8) is 0 Å². The first-order valence-corrected chi connectivity index (χ1v) is 12.7. The summed E-state index contributed by atoms with van der Waals surface area (Å²) in [7, 11) is 0. The van der Waals surface area contributed by atoms with E-state index in [-0.39, 0.29) is 12.1 Å². The Morgan fingerprint density at radius 3 is 2.46 bits per heavy atom. The number of aryl methyl sites for hydroxylation is 4. The number of aromatic nitrogens is 2. The zero-order valence-corrected chi connectivity index (χ0v) is 21.9. The van der Waals surface area contributed by atoms with Crippen molar-refractivity contribution in [2.75, 3.05) is 4.90 Å². The lowest BCUT2D eigenvalue weighted by Crippen LogP contribution is -2.29. The lowest BCUT2D eigenvalue weighted by molar-refractivity contribution is 0.565. The number of nitrogens with one attached hydrogen (secondary N) is 1. The number of nitrogens with zero attached hydrogens (tertiary/aromatic N) is 3. The zero-order chi connectivity index (χ0) is 24.7. The molecule has 0 amide bonds. The van der Waals surface area contributed by atoms with Crippen LogP contribution < -0.4 is 10.2 Å². The van der Waals surface area contributed by atoms with Crippen LogP contribution in [0.3, 0.4) is 0 Å². The number of rotatable bonds is 5. The van der Waals surface area contributed by atoms with Gasteiger partial charge in [-0.3, -0.25) is 4.98 Å². The predicted molar refractivity (Wildman–Crippen MR) is 148 cm³/mol. The van der Waals surface area contributed by atoms with Crippen molar-refractivity contribution in [1.29, 1.82) is 0 Å². The maximum absolute atomic E-state index is 5.94. The van der Waals surface area contributed by atoms with Crippen LogP contribution in [-0.4, -0.2) is 14.7 Å². The van der Waals surface area contributed by atoms with Gasteiger partial charge >= 0.3 is 0 Å². The summed E-state index contributed by atoms with van der Waals surface area (Å²) in [6, 6.07) is 23.5. The highest BCUT2D eigenvalue weighted by Crippen LogP contribution is 2.44. The molecule has 5 rings (SSSR count). The van der Waals surface area contributed by atoms with E-state index in [1.807, 2.05) is 18.3 Å². The quantitative estimate of drug-likeness (QED) is 0.317. The molecule has 0 saturated carbocycles. The summed E-state index contributed by atoms with van der Waals surface area (Å²) in [6.45, 7) is 11.0. The third-order valence-corrected chi connectivity index (χ3v) is 7.41. The van der Waals surface area contributed by atoms with Gasteiger partial charge < -0.3 is 14.8 Å². The Balaban J connectivity index is 1.72. The molecule has 1 N–H and O–H groups in total. The van der Waals surface area contributed by atoms with E-state index in [0.29, 0.717) is 0 Å². The molecule has 4 nitrogen and oxygen atoms in total. The summed E-state index contributed by atoms with van der Waals surface area (Å²) in [5.74, 6) is 0. The predicted octanol–water partition coefficient (Wildman–Crippen LogP) is 6.85. The first-order chi connectivity index (χ1) is 16.9. The van der Waals surface area contributed by atoms with Gasteiger partial charge in [-0.25, -0.2) is 0 Å². The van der Waals surface area contributed by atoms with Gasteiger partial charge in [-0.2, -0.15) is 0 Å². The molecule has 178 valence electrons. The molecular weight excluding hydrogens is 448 g/mol. The second kappa shape index (κ2) is 9.31. The van der Waals surface area contributed by atoms with Gasteiger partial charge in [0.15, 0.2) is 5.11 Å². The summed E-state index contributed by atoms with van der Waals surface area (Å²) in [4.78, 5) is 6.99. The van der Waals surface area contributed by atoms with E-state index in [2.05, 4.69) is 104 Å². The van der Waals surface area contributed by atoms with E-state index >= 15 is 0 Å². The Morgan fingerprint density at radius 2 is 1.74 bits per heavy atom. The number of thiocarbonyl (C=S) groups is 1. The van der Waals surface area contributed by atoms with Gasteiger partial charge in [-0.15, -0.1) is 0 Å². The molecule has 2 aromatic carbocycles. The number of benzene rings is 2. The molecule has 1 aliphatic rings. The van der Waals surface area contributed by atoms with Crippen molar-refractivity contribution in [2.24, 2.45) is 0 Å². The fourth-order valence-corrected chi connectivity index (χ4v) is 5.83. The van der Waals surface area contributed by atoms with E-state index < -0.39 is 0 Å². The molecule has 2 unspecified atom stereocenters. The van der Waals surface area contributed by atoms with E-state index in [1.165, 1.54) is 39.3 Å². The SMILES string of the molecule is CCc1cccc(C)c1-n1c(C)cc(C2C(c3ccccn3)NC(=S)N2c2cccc(C)c2)c1C. The van der Waals surface area contributed by atoms with Crippen LogP contribution >= 0.6 is 12.2 Å². The Bertz CT molecular complexity index is 1390. The minimum atomic E-state index is -0.0549. The fourth-order valence-electron chi connectivity index (χ4n) is 5.48. The molecule has 1 saturated heterocycles. The van der Waals surface area contributed by atoms with Crippen LogP contribution in [0.2, 0.25) is 0 Å². The fraction of sp³-hybridized carbons (Fsp3) is 0.267. The summed E-state index contributed by atoms with van der Waals surface area (Å²) in [6.07, 6.45) is 2.85. The van der Waals surface area contributed by atoms with Crippen molar-refractivity contribution in [3.8, 4) is 5.69 Å². The third-order valence-electron chi connectivity index (χ3n) is 7.09. The Hall–Kier alpha value is -3.44. The molecule has 1 aliphatic heterocycles. The second-order valence-electron chi connectivity index (χ2n) is 9.43. The molecule has 1 fully saturated rings. The molecule has 5 heteroatoms. The standard InChI is InChI=1S/C30H32N4S/c1-6-23-13-10-12-20(3)28(23)33-21(4)18-25(22(33)5)29-27(26-15-7-8-16-31-26)32-30(35)34(29)24-14-9-11-19(2)17-24/h7-18,27,29H,6H2,1-5H3,(H,32,35). The van der Waals surface area contributed by atoms with Crippen LogP contribution in [0.5, 0.6) is 0 Å². The molecular formula is C30H32N4S. The highest BCUT2D eigenvalue weighted by Gasteiger charge is 2.42. The molecule has 0 radical (unpaired) electrons. The van der Waals surface area contributed by atoms with Gasteiger partial charge in [0.05, 0.1) is 23.5 Å². The lowest BCUT2D eigenvalue weighted by atomic mass is 9.96. The normalized spacial score (nSPS) is 17.6. The molecule has 35 heavy (non-hydrogen) atoms. The van der Waals surface area contributed by atoms with E-state index in [9.17, 15) is 0 Å². The number of anilines is 1. The van der Waals surface area contributed by atoms with E-state index in [1.54, 1.807) is 0 Å². The monoisotopic (exact) mass is 480 g/mol. The van der Waals surface area contributed by atoms with Crippen LogP contribution in [0.15, 0.2) is 72.9 Å². The van der Waals surface area contributed by atoms with E-state index in [0.717, 1.165) is 22.9 Å². The van der Waals surface area contributed by atoms with Crippen molar-refractivity contribution in [2.45, 2.75) is 53.1 Å². The van der Waals surface area contributed by atoms with Crippen molar-refractivity contribution in [3.05, 3.63) is 112 Å². The van der Waals surface area contributed by atoms with Gasteiger partial charge in [-0.05, 0) is 98.9 Å². The number of hydrogen-bond donors (Lipinski definition) is 1. The van der Waals surface area contributed by atoms with Crippen molar-refractivity contribution < 1.29 is 0 Å². The Labute approximate surface area is 213 Å². The average molecular weight is 481 g/mol. The minimum absolute atomic E-state index is 0.0201. The van der Waals surface area contributed by atoms with Crippen LogP contribution in [0.1, 0.15) is 58.3 Å². The number of para-hydroxylation sites is 1. The molecule has 4 aromatic rings. The number of pyridine rings is 1. The Kier molecular flexibility index (Phi) is 6.20. The smallest absolute Gasteiger partial charge is 0.174 e. The zero-order valence-electron chi connectivity index (χ0n) is 21.0. The summed E-state index contributed by atoms with van der Waals surface area (Å²) in [5, 5.41) is 4.33. The van der Waals surface area contributed by atoms with Crippen LogP contribution in [-0.2, 0) is 6.42 Å². The average Bonchev–Trinajstić information content (AvgIpc) is 3.34. The molecule has 2 aromatic heterocycles. The number of hydrogen-bond acceptors (Lipinski definition) is 2. The molecule has 3 heterocycles. The van der Waals surface area contributed by atoms with Gasteiger partial charge in [0.1, 0.15) is 0 Å². The topological polar surface area (TPSA) is 33.1 Å². The molecule has 0 spiro atoms. The summed E-state index contributed by atoms with van der Waals surface area (Å²) < 4.78 is 2.43. The lowest BCUT2D eigenvalue weighted by Gasteiger charge is -2.28. The minimum Gasteiger partial charge on any atom is -0.351 e. The van der Waals surface area contributed by atoms with Gasteiger partial charge in [0.25, 0.3) is 0 Å². The molecule has 2 atom stereocenters. The maximum Gasteiger partial charge on any atom is 0.174 e. The van der Waals surface area contributed by atoms with Crippen molar-refractivity contribution in [1.82, 2.24) is 14.9 Å². The van der Waals surface area contributed by atoms with Gasteiger partial charge in [0.2, 0.25) is 0 Å². The maximum atomic E-state index is 5.94. The second-order valence-corrected chi connectivity index (χ2v) is 9.82.